The zero-order chi connectivity index (χ0) is 41.8. The molecule has 4 heteroatoms. The largest absolute Gasteiger partial charge is 0.238 e. The Labute approximate surface area is 361 Å². The fourth-order valence-electron chi connectivity index (χ4n) is 8.23. The maximum Gasteiger partial charge on any atom is 0.194 e. The van der Waals surface area contributed by atoms with Gasteiger partial charge in [0.1, 0.15) is 0 Å². The molecule has 0 aliphatic carbocycles. The second-order valence-electron chi connectivity index (χ2n) is 15.2. The number of fused-ring (bicyclic) bond motifs is 1. The minimum absolute atomic E-state index is 0.592. The molecule has 0 saturated heterocycles. The quantitative estimate of drug-likeness (QED) is 0.144. The van der Waals surface area contributed by atoms with E-state index in [0.717, 1.165) is 94.5 Å². The average molecular weight is 789 g/mol. The van der Waals surface area contributed by atoms with Crippen LogP contribution in [-0.4, -0.2) is 9.97 Å². The number of benzene rings is 9. The first kappa shape index (κ1) is 37.6. The number of hydrogen-bond donors (Lipinski definition) is 0. The van der Waals surface area contributed by atoms with E-state index in [0.29, 0.717) is 17.1 Å². The van der Waals surface area contributed by atoms with E-state index >= 15 is 0 Å². The maximum absolute atomic E-state index is 9.84. The van der Waals surface area contributed by atoms with Crippen LogP contribution in [0, 0.1) is 17.9 Å². The van der Waals surface area contributed by atoms with Gasteiger partial charge in [0.2, 0.25) is 0 Å². The van der Waals surface area contributed by atoms with Gasteiger partial charge in [-0.05, 0) is 91.5 Å². The molecule has 10 rings (SSSR count). The van der Waals surface area contributed by atoms with Gasteiger partial charge in [0.15, 0.2) is 11.5 Å². The van der Waals surface area contributed by atoms with Crippen molar-refractivity contribution >= 4 is 16.6 Å². The topological polar surface area (TPSA) is 53.9 Å². The molecule has 62 heavy (non-hydrogen) atoms. The van der Waals surface area contributed by atoms with Gasteiger partial charge in [-0.15, -0.1) is 0 Å². The summed E-state index contributed by atoms with van der Waals surface area (Å²) in [5, 5.41) is 10.8. The summed E-state index contributed by atoms with van der Waals surface area (Å²) in [7, 11) is 0. The molecule has 0 atom stereocenters. The van der Waals surface area contributed by atoms with Crippen LogP contribution in [0.2, 0.25) is 0 Å². The maximum atomic E-state index is 9.84. The summed E-state index contributed by atoms with van der Waals surface area (Å²) in [4.78, 5) is 14.6. The average Bonchev–Trinajstić information content (AvgIpc) is 3.36. The Morgan fingerprint density at radius 3 is 1.52 bits per heavy atom. The van der Waals surface area contributed by atoms with E-state index in [9.17, 15) is 5.26 Å². The number of hydrogen-bond acceptors (Lipinski definition) is 3. The van der Waals surface area contributed by atoms with Gasteiger partial charge in [0, 0.05) is 22.1 Å². The van der Waals surface area contributed by atoms with Crippen LogP contribution >= 0.6 is 0 Å². The van der Waals surface area contributed by atoms with Crippen LogP contribution in [0.5, 0.6) is 0 Å². The normalized spacial score (nSPS) is 10.9. The highest BCUT2D eigenvalue weighted by Gasteiger charge is 2.19. The number of para-hydroxylation sites is 1. The van der Waals surface area contributed by atoms with Crippen molar-refractivity contribution in [3.8, 4) is 95.5 Å². The van der Waals surface area contributed by atoms with Gasteiger partial charge in [-0.3, -0.25) is 0 Å². The summed E-state index contributed by atoms with van der Waals surface area (Å²) in [5.74, 6) is 0.592. The molecular formula is C58H36N4. The number of nitrogens with zero attached hydrogens (tertiary/aromatic N) is 4. The zero-order valence-electron chi connectivity index (χ0n) is 33.6. The fourth-order valence-corrected chi connectivity index (χ4v) is 8.23. The molecule has 0 aliphatic heterocycles. The van der Waals surface area contributed by atoms with Gasteiger partial charge >= 0.3 is 0 Å². The van der Waals surface area contributed by atoms with E-state index < -0.39 is 0 Å². The van der Waals surface area contributed by atoms with Crippen molar-refractivity contribution in [1.82, 2.24) is 9.97 Å². The van der Waals surface area contributed by atoms with Gasteiger partial charge in [-0.25, -0.2) is 14.8 Å². The second-order valence-corrected chi connectivity index (χ2v) is 15.2. The van der Waals surface area contributed by atoms with Crippen LogP contribution in [0.1, 0.15) is 5.56 Å². The smallest absolute Gasteiger partial charge is 0.194 e. The highest BCUT2D eigenvalue weighted by Crippen LogP contribution is 2.41. The van der Waals surface area contributed by atoms with Gasteiger partial charge in [0.25, 0.3) is 0 Å². The van der Waals surface area contributed by atoms with Gasteiger partial charge in [-0.2, -0.15) is 5.26 Å². The first-order chi connectivity index (χ1) is 30.6. The van der Waals surface area contributed by atoms with Gasteiger partial charge in [-0.1, -0.05) is 188 Å². The van der Waals surface area contributed by atoms with Crippen LogP contribution < -0.4 is 0 Å². The lowest BCUT2D eigenvalue weighted by molar-refractivity contribution is 1.23. The molecule has 0 spiro atoms. The molecule has 1 heterocycles. The van der Waals surface area contributed by atoms with Crippen LogP contribution in [0.3, 0.4) is 0 Å². The fraction of sp³-hybridized carbons (Fsp3) is 0. The first-order valence-corrected chi connectivity index (χ1v) is 20.5. The van der Waals surface area contributed by atoms with Crippen LogP contribution in [0.4, 0.5) is 5.69 Å². The SMILES string of the molecule is [C-]#[N+]c1ccccc1-c1ccc(-c2nc(-c3ccc(-c4ccccc4C#N)cc3)nc3c(-c4cccc(-c5ccccc5)c4)cc(-c4cccc(-c5ccccc5)c4)cc23)cc1. The first-order valence-electron chi connectivity index (χ1n) is 20.5. The van der Waals surface area contributed by atoms with E-state index in [-0.39, 0.29) is 0 Å². The third-order valence-corrected chi connectivity index (χ3v) is 11.4. The molecule has 1 aromatic heterocycles. The Kier molecular flexibility index (Phi) is 10.0. The summed E-state index contributed by atoms with van der Waals surface area (Å²) < 4.78 is 0. The third-order valence-electron chi connectivity index (χ3n) is 11.4. The van der Waals surface area contributed by atoms with Crippen LogP contribution in [0.25, 0.3) is 105 Å². The Hall–Kier alpha value is -8.70. The Balaban J connectivity index is 1.22. The molecule has 0 amide bonds. The molecule has 9 aromatic carbocycles. The predicted octanol–water partition coefficient (Wildman–Crippen LogP) is 15.4. The predicted molar refractivity (Wildman–Crippen MR) is 254 cm³/mol. The lowest BCUT2D eigenvalue weighted by Gasteiger charge is -2.17. The standard InChI is InChI=1S/C58H36N4/c1-60-55-25-11-10-24-52(55)42-26-30-43(31-27-42)56-54-37-50(47-21-12-19-45(34-47)39-14-4-2-5-15-39)36-53(48-22-13-20-46(35-48)40-16-6-3-7-17-40)57(54)62-58(61-56)44-32-28-41(29-33-44)51-23-9-8-18-49(51)38-59/h2-37H. The number of nitriles is 1. The highest BCUT2D eigenvalue weighted by molar-refractivity contribution is 6.05. The molecule has 0 aliphatic rings. The molecule has 0 N–H and O–H groups in total. The van der Waals surface area contributed by atoms with Crippen molar-refractivity contribution < 1.29 is 0 Å². The molecule has 0 unspecified atom stereocenters. The van der Waals surface area contributed by atoms with Gasteiger partial charge in [0.05, 0.1) is 29.4 Å². The lowest BCUT2D eigenvalue weighted by Crippen LogP contribution is -1.98. The van der Waals surface area contributed by atoms with Crippen LogP contribution in [-0.2, 0) is 0 Å². The van der Waals surface area contributed by atoms with E-state index in [2.05, 4.69) is 144 Å². The summed E-state index contributed by atoms with van der Waals surface area (Å²) in [6.07, 6.45) is 0. The Morgan fingerprint density at radius 1 is 0.371 bits per heavy atom. The molecule has 0 bridgehead atoms. The second kappa shape index (κ2) is 16.5. The van der Waals surface area contributed by atoms with Crippen molar-refractivity contribution in [3.63, 3.8) is 0 Å². The monoisotopic (exact) mass is 788 g/mol. The van der Waals surface area contributed by atoms with E-state index in [4.69, 9.17) is 16.5 Å². The molecule has 0 saturated carbocycles. The van der Waals surface area contributed by atoms with E-state index in [1.807, 2.05) is 84.9 Å². The molecule has 0 fully saturated rings. The van der Waals surface area contributed by atoms with Crippen LogP contribution in [0.15, 0.2) is 218 Å². The number of aromatic nitrogens is 2. The molecule has 10 aromatic rings. The summed E-state index contributed by atoms with van der Waals surface area (Å²) in [6, 6.07) is 77.0. The summed E-state index contributed by atoms with van der Waals surface area (Å²) >= 11 is 0. The van der Waals surface area contributed by atoms with E-state index in [1.165, 1.54) is 0 Å². The minimum Gasteiger partial charge on any atom is -0.238 e. The van der Waals surface area contributed by atoms with Crippen molar-refractivity contribution in [2.45, 2.75) is 0 Å². The number of rotatable bonds is 8. The van der Waals surface area contributed by atoms with Gasteiger partial charge < -0.3 is 0 Å². The van der Waals surface area contributed by atoms with Crippen molar-refractivity contribution in [2.24, 2.45) is 0 Å². The molecular weight excluding hydrogens is 753 g/mol. The van der Waals surface area contributed by atoms with Crippen molar-refractivity contribution in [1.29, 1.82) is 5.26 Å². The molecule has 0 radical (unpaired) electrons. The summed E-state index contributed by atoms with van der Waals surface area (Å²) in [6.45, 7) is 7.79. The lowest BCUT2D eigenvalue weighted by atomic mass is 9.91. The van der Waals surface area contributed by atoms with Crippen molar-refractivity contribution in [2.75, 3.05) is 0 Å². The highest BCUT2D eigenvalue weighted by atomic mass is 14.9. The zero-order valence-corrected chi connectivity index (χ0v) is 33.6. The third kappa shape index (κ3) is 7.30. The Morgan fingerprint density at radius 2 is 0.871 bits per heavy atom. The molecule has 4 nitrogen and oxygen atoms in total. The minimum atomic E-state index is 0.592. The summed E-state index contributed by atoms with van der Waals surface area (Å²) in [5.41, 5.74) is 17.1. The van der Waals surface area contributed by atoms with Crippen molar-refractivity contribution in [3.05, 3.63) is 235 Å². The molecule has 288 valence electrons. The van der Waals surface area contributed by atoms with E-state index in [1.54, 1.807) is 0 Å². The Bertz CT molecular complexity index is 3340.